The summed E-state index contributed by atoms with van der Waals surface area (Å²) in [5, 5.41) is 10.6. The van der Waals surface area contributed by atoms with Gasteiger partial charge in [-0.15, -0.1) is 0 Å². The highest BCUT2D eigenvalue weighted by molar-refractivity contribution is 9.10. The Morgan fingerprint density at radius 2 is 2.00 bits per heavy atom. The lowest BCUT2D eigenvalue weighted by Gasteiger charge is -2.00. The van der Waals surface area contributed by atoms with Crippen LogP contribution >= 0.6 is 15.9 Å². The van der Waals surface area contributed by atoms with Gasteiger partial charge >= 0.3 is 0 Å². The highest BCUT2D eigenvalue weighted by Crippen LogP contribution is 2.29. The van der Waals surface area contributed by atoms with Crippen molar-refractivity contribution in [2.24, 2.45) is 4.99 Å². The lowest BCUT2D eigenvalue weighted by Crippen LogP contribution is -1.88. The van der Waals surface area contributed by atoms with Gasteiger partial charge in [0.1, 0.15) is 0 Å². The predicted octanol–water partition coefficient (Wildman–Crippen LogP) is 4.42. The molecule has 0 heterocycles. The molecule has 0 radical (unpaired) electrons. The van der Waals surface area contributed by atoms with Crippen LogP contribution in [0.15, 0.2) is 51.9 Å². The molecule has 0 aliphatic rings. The molecular weight excluding hydrogens is 308 g/mol. The number of aryl methyl sites for hydroxylation is 1. The number of nitro groups is 1. The van der Waals surface area contributed by atoms with Gasteiger partial charge in [0.05, 0.1) is 10.6 Å². The van der Waals surface area contributed by atoms with Gasteiger partial charge in [-0.3, -0.25) is 15.1 Å². The highest BCUT2D eigenvalue weighted by Gasteiger charge is 2.08. The molecule has 0 aliphatic heterocycles. The van der Waals surface area contributed by atoms with Gasteiger partial charge in [-0.25, -0.2) is 0 Å². The molecular formula is C14H11BrN2O2. The fraction of sp³-hybridized carbons (Fsp3) is 0.0714. The lowest BCUT2D eigenvalue weighted by molar-refractivity contribution is -0.384. The monoisotopic (exact) mass is 318 g/mol. The molecule has 0 amide bonds. The van der Waals surface area contributed by atoms with Crippen LogP contribution in [0.3, 0.4) is 0 Å². The minimum atomic E-state index is -0.431. The zero-order valence-corrected chi connectivity index (χ0v) is 11.8. The van der Waals surface area contributed by atoms with Crippen molar-refractivity contribution < 1.29 is 4.92 Å². The minimum absolute atomic E-state index is 0.0433. The Labute approximate surface area is 119 Å². The Hall–Kier alpha value is -2.01. The normalized spacial score (nSPS) is 10.8. The summed E-state index contributed by atoms with van der Waals surface area (Å²) in [7, 11) is 0. The molecule has 0 bridgehead atoms. The van der Waals surface area contributed by atoms with Crippen LogP contribution < -0.4 is 0 Å². The Balaban J connectivity index is 2.29. The van der Waals surface area contributed by atoms with Crippen molar-refractivity contribution in [1.29, 1.82) is 0 Å². The third kappa shape index (κ3) is 3.26. The summed E-state index contributed by atoms with van der Waals surface area (Å²) in [6.07, 6.45) is 1.75. The van der Waals surface area contributed by atoms with E-state index in [4.69, 9.17) is 0 Å². The van der Waals surface area contributed by atoms with E-state index in [2.05, 4.69) is 20.9 Å². The summed E-state index contributed by atoms with van der Waals surface area (Å²) in [6.45, 7) is 2.01. The van der Waals surface area contributed by atoms with Crippen LogP contribution in [0.25, 0.3) is 0 Å². The molecule has 2 aromatic rings. The van der Waals surface area contributed by atoms with Gasteiger partial charge in [-0.05, 0) is 40.0 Å². The van der Waals surface area contributed by atoms with Crippen LogP contribution in [-0.4, -0.2) is 11.1 Å². The van der Waals surface area contributed by atoms with E-state index in [1.807, 2.05) is 31.2 Å². The minimum Gasteiger partial charge on any atom is -0.258 e. The van der Waals surface area contributed by atoms with Crippen molar-refractivity contribution in [1.82, 2.24) is 0 Å². The molecule has 5 heteroatoms. The third-order valence-corrected chi connectivity index (χ3v) is 3.31. The number of aliphatic imine (C=N–C) groups is 1. The molecule has 2 rings (SSSR count). The summed E-state index contributed by atoms with van der Waals surface area (Å²) < 4.78 is 0.603. The molecule has 96 valence electrons. The molecule has 0 unspecified atom stereocenters. The van der Waals surface area contributed by atoms with Crippen molar-refractivity contribution >= 4 is 33.5 Å². The van der Waals surface area contributed by atoms with E-state index in [9.17, 15) is 10.1 Å². The van der Waals surface area contributed by atoms with Crippen molar-refractivity contribution in [2.75, 3.05) is 0 Å². The number of hydrogen-bond acceptors (Lipinski definition) is 3. The van der Waals surface area contributed by atoms with Gasteiger partial charge in [0.2, 0.25) is 0 Å². The van der Waals surface area contributed by atoms with Crippen molar-refractivity contribution in [3.8, 4) is 0 Å². The van der Waals surface area contributed by atoms with Crippen LogP contribution in [0.1, 0.15) is 11.1 Å². The summed E-state index contributed by atoms with van der Waals surface area (Å²) in [4.78, 5) is 14.5. The summed E-state index contributed by atoms with van der Waals surface area (Å²) >= 11 is 3.29. The second-order valence-electron chi connectivity index (χ2n) is 4.01. The molecule has 0 saturated carbocycles. The maximum absolute atomic E-state index is 10.6. The number of benzene rings is 2. The Morgan fingerprint density at radius 3 is 2.63 bits per heavy atom. The molecule has 19 heavy (non-hydrogen) atoms. The Morgan fingerprint density at radius 1 is 1.26 bits per heavy atom. The second-order valence-corrected chi connectivity index (χ2v) is 4.86. The second kappa shape index (κ2) is 5.75. The molecule has 0 atom stereocenters. The molecule has 2 aromatic carbocycles. The predicted molar refractivity (Wildman–Crippen MR) is 79.2 cm³/mol. The van der Waals surface area contributed by atoms with E-state index in [-0.39, 0.29) is 5.69 Å². The molecule has 0 aliphatic carbocycles. The van der Waals surface area contributed by atoms with Crippen LogP contribution in [0.2, 0.25) is 0 Å². The molecule has 4 nitrogen and oxygen atoms in total. The SMILES string of the molecule is Cc1ccccc1C=Nc1ccc([N+](=O)[O-])cc1Br. The van der Waals surface area contributed by atoms with E-state index in [1.54, 1.807) is 12.3 Å². The average Bonchev–Trinajstić information content (AvgIpc) is 2.39. The fourth-order valence-electron chi connectivity index (χ4n) is 1.58. The van der Waals surface area contributed by atoms with Gasteiger partial charge in [0.15, 0.2) is 0 Å². The highest BCUT2D eigenvalue weighted by atomic mass is 79.9. The molecule has 0 N–H and O–H groups in total. The third-order valence-electron chi connectivity index (χ3n) is 2.67. The standard InChI is InChI=1S/C14H11BrN2O2/c1-10-4-2-3-5-11(10)9-16-14-7-6-12(17(18)19)8-13(14)15/h2-9H,1H3. The Kier molecular flexibility index (Phi) is 4.06. The van der Waals surface area contributed by atoms with E-state index < -0.39 is 4.92 Å². The largest absolute Gasteiger partial charge is 0.270 e. The summed E-state index contributed by atoms with van der Waals surface area (Å²) in [5.41, 5.74) is 2.85. The van der Waals surface area contributed by atoms with Crippen LogP contribution in [-0.2, 0) is 0 Å². The Bertz CT molecular complexity index is 654. The average molecular weight is 319 g/mol. The maximum atomic E-state index is 10.6. The van der Waals surface area contributed by atoms with Gasteiger partial charge < -0.3 is 0 Å². The van der Waals surface area contributed by atoms with Crippen LogP contribution in [0.4, 0.5) is 11.4 Å². The number of nitro benzene ring substituents is 1. The van der Waals surface area contributed by atoms with Crippen LogP contribution in [0.5, 0.6) is 0 Å². The van der Waals surface area contributed by atoms with Crippen molar-refractivity contribution in [3.05, 3.63) is 68.2 Å². The first-order valence-corrected chi connectivity index (χ1v) is 6.41. The van der Waals surface area contributed by atoms with Gasteiger partial charge in [-0.2, -0.15) is 0 Å². The first-order chi connectivity index (χ1) is 9.08. The number of rotatable bonds is 3. The van der Waals surface area contributed by atoms with Crippen molar-refractivity contribution in [2.45, 2.75) is 6.92 Å². The van der Waals surface area contributed by atoms with Gasteiger partial charge in [0, 0.05) is 22.8 Å². The first kappa shape index (κ1) is 13.4. The van der Waals surface area contributed by atoms with E-state index in [0.717, 1.165) is 11.1 Å². The first-order valence-electron chi connectivity index (χ1n) is 5.61. The van der Waals surface area contributed by atoms with Gasteiger partial charge in [0.25, 0.3) is 5.69 Å². The van der Waals surface area contributed by atoms with Gasteiger partial charge in [-0.1, -0.05) is 24.3 Å². The molecule has 0 aromatic heterocycles. The molecule has 0 spiro atoms. The topological polar surface area (TPSA) is 55.5 Å². The zero-order chi connectivity index (χ0) is 13.8. The molecule has 0 fully saturated rings. The summed E-state index contributed by atoms with van der Waals surface area (Å²) in [5.74, 6) is 0. The van der Waals surface area contributed by atoms with E-state index >= 15 is 0 Å². The van der Waals surface area contributed by atoms with E-state index in [1.165, 1.54) is 12.1 Å². The number of halogens is 1. The van der Waals surface area contributed by atoms with Crippen LogP contribution in [0, 0.1) is 17.0 Å². The summed E-state index contributed by atoms with van der Waals surface area (Å²) in [6, 6.07) is 12.4. The van der Waals surface area contributed by atoms with Crippen molar-refractivity contribution in [3.63, 3.8) is 0 Å². The zero-order valence-electron chi connectivity index (χ0n) is 10.2. The molecule has 0 saturated heterocycles. The fourth-order valence-corrected chi connectivity index (χ4v) is 2.05. The lowest BCUT2D eigenvalue weighted by atomic mass is 10.1. The number of hydrogen-bond donors (Lipinski definition) is 0. The quantitative estimate of drug-likeness (QED) is 0.478. The van der Waals surface area contributed by atoms with E-state index in [0.29, 0.717) is 10.2 Å². The maximum Gasteiger partial charge on any atom is 0.270 e. The number of non-ortho nitro benzene ring substituents is 1. The number of nitrogens with zero attached hydrogens (tertiary/aromatic N) is 2. The smallest absolute Gasteiger partial charge is 0.258 e.